The highest BCUT2D eigenvalue weighted by molar-refractivity contribution is 6.33. The van der Waals surface area contributed by atoms with Gasteiger partial charge in [-0.05, 0) is 48.9 Å². The molecule has 1 aromatic heterocycles. The number of nitrogens with zero attached hydrogens (tertiary/aromatic N) is 3. The summed E-state index contributed by atoms with van der Waals surface area (Å²) in [6.45, 7) is 5.52. The third-order valence-electron chi connectivity index (χ3n) is 5.62. The molecule has 2 N–H and O–H groups in total. The third-order valence-corrected chi connectivity index (χ3v) is 6.02. The molecule has 1 aliphatic heterocycles. The Morgan fingerprint density at radius 2 is 2.13 bits per heavy atom. The maximum absolute atomic E-state index is 9.59. The Morgan fingerprint density at radius 1 is 1.33 bits per heavy atom. The van der Waals surface area contributed by atoms with E-state index in [1.807, 2.05) is 25.4 Å². The monoisotopic (exact) mass is 427 g/mol. The van der Waals surface area contributed by atoms with Crippen LogP contribution in [-0.4, -0.2) is 48.9 Å². The summed E-state index contributed by atoms with van der Waals surface area (Å²) in [5, 5.41) is 16.5. The second-order valence-electron chi connectivity index (χ2n) is 7.54. The van der Waals surface area contributed by atoms with Gasteiger partial charge in [-0.1, -0.05) is 11.6 Å². The quantitative estimate of drug-likeness (QED) is 0.624. The summed E-state index contributed by atoms with van der Waals surface area (Å²) in [6, 6.07) is 4.16. The van der Waals surface area contributed by atoms with Crippen LogP contribution in [0.2, 0.25) is 5.02 Å². The number of hydrogen-bond donors (Lipinski definition) is 2. The molecule has 0 amide bonds. The molecule has 2 heterocycles. The van der Waals surface area contributed by atoms with E-state index in [1.165, 1.54) is 0 Å². The molecule has 0 bridgehead atoms. The number of ether oxygens (including phenoxy) is 2. The summed E-state index contributed by atoms with van der Waals surface area (Å²) in [5.41, 5.74) is 3.66. The summed E-state index contributed by atoms with van der Waals surface area (Å²) in [5.74, 6) is 1.21. The van der Waals surface area contributed by atoms with Gasteiger partial charge in [-0.25, -0.2) is 9.97 Å². The average molecular weight is 428 g/mol. The van der Waals surface area contributed by atoms with Crippen LogP contribution in [0.1, 0.15) is 47.9 Å². The number of halogens is 1. The number of nitrogens with one attached hydrogen (secondary N) is 2. The van der Waals surface area contributed by atoms with Crippen LogP contribution in [0.4, 0.5) is 5.95 Å². The Labute approximate surface area is 181 Å². The average Bonchev–Trinajstić information content (AvgIpc) is 2.74. The maximum atomic E-state index is 9.59. The molecule has 4 rings (SSSR count). The third kappa shape index (κ3) is 4.36. The molecule has 30 heavy (non-hydrogen) atoms. The van der Waals surface area contributed by atoms with Crippen LogP contribution in [0.3, 0.4) is 0 Å². The van der Waals surface area contributed by atoms with Crippen molar-refractivity contribution in [3.05, 3.63) is 45.7 Å². The number of fused-ring (bicyclic) bond motifs is 1. The van der Waals surface area contributed by atoms with E-state index < -0.39 is 0 Å². The molecule has 0 spiro atoms. The maximum Gasteiger partial charge on any atom is 0.222 e. The summed E-state index contributed by atoms with van der Waals surface area (Å²) < 4.78 is 11.3. The van der Waals surface area contributed by atoms with Crippen molar-refractivity contribution in [3.8, 4) is 11.8 Å². The predicted octanol–water partition coefficient (Wildman–Crippen LogP) is 3.27. The van der Waals surface area contributed by atoms with E-state index in [-0.39, 0.29) is 5.92 Å². The van der Waals surface area contributed by atoms with Crippen LogP contribution in [-0.2, 0) is 11.2 Å². The Bertz CT molecular complexity index is 925. The van der Waals surface area contributed by atoms with Gasteiger partial charge in [-0.3, -0.25) is 0 Å². The SMILES string of the molecule is CCOc1c(C#N)cc2c(c1Cl)CCCC2c1cnc(NCCOC2CNC2)nc1. The summed E-state index contributed by atoms with van der Waals surface area (Å²) in [4.78, 5) is 8.95. The zero-order valence-corrected chi connectivity index (χ0v) is 17.8. The number of benzene rings is 1. The van der Waals surface area contributed by atoms with Gasteiger partial charge < -0.3 is 20.1 Å². The van der Waals surface area contributed by atoms with Crippen molar-refractivity contribution in [3.63, 3.8) is 0 Å². The molecular weight excluding hydrogens is 402 g/mol. The predicted molar refractivity (Wildman–Crippen MR) is 115 cm³/mol. The molecule has 2 aromatic rings. The van der Waals surface area contributed by atoms with Crippen molar-refractivity contribution >= 4 is 17.5 Å². The van der Waals surface area contributed by atoms with Crippen molar-refractivity contribution in [2.24, 2.45) is 0 Å². The molecule has 7 nitrogen and oxygen atoms in total. The van der Waals surface area contributed by atoms with E-state index in [1.54, 1.807) is 0 Å². The van der Waals surface area contributed by atoms with Gasteiger partial charge in [0.05, 0.1) is 29.9 Å². The first-order valence-corrected chi connectivity index (χ1v) is 10.8. The Hall–Kier alpha value is -2.40. The second-order valence-corrected chi connectivity index (χ2v) is 7.92. The number of nitriles is 1. The number of hydrogen-bond acceptors (Lipinski definition) is 7. The molecule has 2 aliphatic rings. The molecule has 1 aliphatic carbocycles. The van der Waals surface area contributed by atoms with Crippen molar-refractivity contribution in [1.82, 2.24) is 15.3 Å². The zero-order chi connectivity index (χ0) is 20.9. The van der Waals surface area contributed by atoms with E-state index in [4.69, 9.17) is 21.1 Å². The molecule has 0 radical (unpaired) electrons. The van der Waals surface area contributed by atoms with E-state index >= 15 is 0 Å². The lowest BCUT2D eigenvalue weighted by Gasteiger charge is -2.28. The fraction of sp³-hybridized carbons (Fsp3) is 0.500. The minimum atomic E-state index is 0.123. The van der Waals surface area contributed by atoms with E-state index in [2.05, 4.69) is 26.7 Å². The first-order valence-electron chi connectivity index (χ1n) is 10.5. The zero-order valence-electron chi connectivity index (χ0n) is 17.1. The van der Waals surface area contributed by atoms with E-state index in [0.717, 1.165) is 49.0 Å². The lowest BCUT2D eigenvalue weighted by atomic mass is 9.79. The molecule has 1 unspecified atom stereocenters. The minimum absolute atomic E-state index is 0.123. The molecule has 1 fully saturated rings. The van der Waals surface area contributed by atoms with Crippen molar-refractivity contribution in [1.29, 1.82) is 5.26 Å². The summed E-state index contributed by atoms with van der Waals surface area (Å²) in [6.07, 6.45) is 6.93. The first-order chi connectivity index (χ1) is 14.7. The van der Waals surface area contributed by atoms with Gasteiger partial charge in [0.2, 0.25) is 5.95 Å². The highest BCUT2D eigenvalue weighted by Gasteiger charge is 2.28. The van der Waals surface area contributed by atoms with Gasteiger partial charge in [-0.15, -0.1) is 0 Å². The van der Waals surface area contributed by atoms with Crippen LogP contribution in [0.25, 0.3) is 0 Å². The van der Waals surface area contributed by atoms with Gasteiger partial charge in [-0.2, -0.15) is 5.26 Å². The van der Waals surface area contributed by atoms with Crippen LogP contribution in [0.5, 0.6) is 5.75 Å². The van der Waals surface area contributed by atoms with Crippen LogP contribution < -0.4 is 15.4 Å². The highest BCUT2D eigenvalue weighted by atomic mass is 35.5. The summed E-state index contributed by atoms with van der Waals surface area (Å²) >= 11 is 6.64. The Morgan fingerprint density at radius 3 is 2.80 bits per heavy atom. The van der Waals surface area contributed by atoms with Crippen molar-refractivity contribution in [2.75, 3.05) is 38.2 Å². The van der Waals surface area contributed by atoms with E-state index in [9.17, 15) is 5.26 Å². The number of aromatic nitrogens is 2. The highest BCUT2D eigenvalue weighted by Crippen LogP contribution is 2.44. The normalized spacial score (nSPS) is 18.2. The van der Waals surface area contributed by atoms with E-state index in [0.29, 0.717) is 48.1 Å². The first kappa shape index (κ1) is 20.9. The van der Waals surface area contributed by atoms with Gasteiger partial charge in [0.1, 0.15) is 6.07 Å². The topological polar surface area (TPSA) is 92.1 Å². The smallest absolute Gasteiger partial charge is 0.222 e. The Kier molecular flexibility index (Phi) is 6.68. The van der Waals surface area contributed by atoms with Gasteiger partial charge in [0.25, 0.3) is 0 Å². The second kappa shape index (κ2) is 9.61. The number of rotatable bonds is 8. The van der Waals surface area contributed by atoms with Crippen LogP contribution in [0.15, 0.2) is 18.5 Å². The lowest BCUT2D eigenvalue weighted by molar-refractivity contribution is 0.0250. The van der Waals surface area contributed by atoms with Crippen LogP contribution in [0, 0.1) is 11.3 Å². The molecular formula is C22H26ClN5O2. The Balaban J connectivity index is 1.48. The largest absolute Gasteiger partial charge is 0.491 e. The fourth-order valence-corrected chi connectivity index (χ4v) is 4.35. The van der Waals surface area contributed by atoms with Crippen molar-refractivity contribution < 1.29 is 9.47 Å². The van der Waals surface area contributed by atoms with Gasteiger partial charge in [0, 0.05) is 37.9 Å². The molecule has 1 saturated heterocycles. The number of anilines is 1. The molecule has 1 atom stereocenters. The van der Waals surface area contributed by atoms with Gasteiger partial charge in [0.15, 0.2) is 5.75 Å². The minimum Gasteiger partial charge on any atom is -0.491 e. The molecule has 158 valence electrons. The molecule has 1 aromatic carbocycles. The van der Waals surface area contributed by atoms with Crippen molar-refractivity contribution in [2.45, 2.75) is 38.2 Å². The fourth-order valence-electron chi connectivity index (χ4n) is 3.99. The summed E-state index contributed by atoms with van der Waals surface area (Å²) in [7, 11) is 0. The standard InChI is InChI=1S/C22H26ClN5O2/c1-2-29-21-14(9-24)8-19-17(4-3-5-18(19)20(21)23)15-10-27-22(28-11-15)26-6-7-30-16-12-25-13-16/h8,10-11,16-17,25H,2-7,12-13H2,1H3,(H,26,27,28). The van der Waals surface area contributed by atoms with Gasteiger partial charge >= 0.3 is 0 Å². The van der Waals surface area contributed by atoms with Crippen LogP contribution >= 0.6 is 11.6 Å². The molecule has 8 heteroatoms. The molecule has 0 saturated carbocycles. The lowest BCUT2D eigenvalue weighted by Crippen LogP contribution is -2.48.